The number of nitrogens with one attached hydrogen (secondary N) is 1. The molecule has 0 aromatic heterocycles. The van der Waals surface area contributed by atoms with Crippen molar-refractivity contribution < 1.29 is 27.8 Å². The summed E-state index contributed by atoms with van der Waals surface area (Å²) >= 11 is -0.348. The van der Waals surface area contributed by atoms with Gasteiger partial charge in [-0.1, -0.05) is 12.1 Å². The highest BCUT2D eigenvalue weighted by Gasteiger charge is 2.31. The molecule has 1 aromatic carbocycles. The SMILES string of the molecule is COCC(O)CNC(=O)c1ccccc1SC(F)(F)F. The van der Waals surface area contributed by atoms with Gasteiger partial charge in [-0.2, -0.15) is 13.2 Å². The molecule has 0 bridgehead atoms. The largest absolute Gasteiger partial charge is 0.446 e. The van der Waals surface area contributed by atoms with Crippen LogP contribution in [0.1, 0.15) is 10.4 Å². The van der Waals surface area contributed by atoms with Crippen LogP contribution in [0.15, 0.2) is 29.2 Å². The first-order valence-corrected chi connectivity index (χ1v) is 6.45. The summed E-state index contributed by atoms with van der Waals surface area (Å²) in [5.41, 5.74) is -4.55. The minimum absolute atomic E-state index is 0.0270. The Balaban J connectivity index is 2.73. The third kappa shape index (κ3) is 5.81. The van der Waals surface area contributed by atoms with Gasteiger partial charge in [0, 0.05) is 18.6 Å². The fourth-order valence-corrected chi connectivity index (χ4v) is 2.09. The fourth-order valence-electron chi connectivity index (χ4n) is 1.42. The summed E-state index contributed by atoms with van der Waals surface area (Å²) in [6.07, 6.45) is -0.911. The molecule has 4 nitrogen and oxygen atoms in total. The van der Waals surface area contributed by atoms with Crippen molar-refractivity contribution in [1.82, 2.24) is 5.32 Å². The van der Waals surface area contributed by atoms with E-state index < -0.39 is 17.5 Å². The first-order chi connectivity index (χ1) is 9.33. The number of aliphatic hydroxyl groups is 1. The number of aliphatic hydroxyl groups excluding tert-OH is 1. The lowest BCUT2D eigenvalue weighted by molar-refractivity contribution is -0.0328. The lowest BCUT2D eigenvalue weighted by atomic mass is 10.2. The third-order valence-electron chi connectivity index (χ3n) is 2.21. The van der Waals surface area contributed by atoms with Crippen LogP contribution in [0.2, 0.25) is 0 Å². The van der Waals surface area contributed by atoms with Gasteiger partial charge >= 0.3 is 5.51 Å². The number of rotatable bonds is 6. The first-order valence-electron chi connectivity index (χ1n) is 5.63. The summed E-state index contributed by atoms with van der Waals surface area (Å²) in [6, 6.07) is 5.41. The third-order valence-corrected chi connectivity index (χ3v) is 3.02. The van der Waals surface area contributed by atoms with E-state index in [9.17, 15) is 23.1 Å². The second-order valence-corrected chi connectivity index (χ2v) is 4.97. The highest BCUT2D eigenvalue weighted by molar-refractivity contribution is 8.00. The Morgan fingerprint density at radius 3 is 2.70 bits per heavy atom. The number of thioether (sulfide) groups is 1. The second-order valence-electron chi connectivity index (χ2n) is 3.86. The number of halogens is 3. The zero-order chi connectivity index (χ0) is 15.2. The number of hydrogen-bond acceptors (Lipinski definition) is 4. The number of ether oxygens (including phenoxy) is 1. The second kappa shape index (κ2) is 7.51. The molecular weight excluding hydrogens is 295 g/mol. The van der Waals surface area contributed by atoms with E-state index in [0.29, 0.717) is 0 Å². The van der Waals surface area contributed by atoms with Crippen molar-refractivity contribution >= 4 is 17.7 Å². The summed E-state index contributed by atoms with van der Waals surface area (Å²) in [6.45, 7) is -0.0725. The monoisotopic (exact) mass is 309 g/mol. The van der Waals surface area contributed by atoms with Crippen molar-refractivity contribution in [2.45, 2.75) is 16.5 Å². The minimum atomic E-state index is -4.47. The molecule has 0 radical (unpaired) electrons. The zero-order valence-electron chi connectivity index (χ0n) is 10.6. The van der Waals surface area contributed by atoms with Crippen LogP contribution in [-0.2, 0) is 4.74 Å². The maximum atomic E-state index is 12.4. The summed E-state index contributed by atoms with van der Waals surface area (Å²) in [7, 11) is 1.39. The molecule has 0 heterocycles. The molecule has 112 valence electrons. The molecule has 0 aliphatic heterocycles. The minimum Gasteiger partial charge on any atom is -0.389 e. The van der Waals surface area contributed by atoms with Gasteiger partial charge < -0.3 is 15.2 Å². The number of methoxy groups -OCH3 is 1. The van der Waals surface area contributed by atoms with Gasteiger partial charge in [0.2, 0.25) is 0 Å². The van der Waals surface area contributed by atoms with E-state index in [0.717, 1.165) is 0 Å². The lowest BCUT2D eigenvalue weighted by Gasteiger charge is -2.13. The predicted molar refractivity (Wildman–Crippen MR) is 68.6 cm³/mol. The number of amides is 1. The molecule has 8 heteroatoms. The van der Waals surface area contributed by atoms with Crippen molar-refractivity contribution in [3.05, 3.63) is 29.8 Å². The van der Waals surface area contributed by atoms with Crippen molar-refractivity contribution in [2.75, 3.05) is 20.3 Å². The van der Waals surface area contributed by atoms with Crippen molar-refractivity contribution in [2.24, 2.45) is 0 Å². The molecule has 1 aromatic rings. The average molecular weight is 309 g/mol. The Morgan fingerprint density at radius 1 is 1.45 bits per heavy atom. The van der Waals surface area contributed by atoms with Gasteiger partial charge in [-0.05, 0) is 23.9 Å². The Hall–Kier alpha value is -1.25. The normalized spacial score (nSPS) is 13.1. The van der Waals surface area contributed by atoms with E-state index in [4.69, 9.17) is 0 Å². The van der Waals surface area contributed by atoms with Crippen LogP contribution in [0.3, 0.4) is 0 Å². The predicted octanol–water partition coefficient (Wildman–Crippen LogP) is 2.04. The number of alkyl halides is 3. The van der Waals surface area contributed by atoms with Crippen molar-refractivity contribution in [1.29, 1.82) is 0 Å². The molecule has 2 N–H and O–H groups in total. The number of hydrogen-bond donors (Lipinski definition) is 2. The van der Waals surface area contributed by atoms with Gasteiger partial charge in [0.1, 0.15) is 0 Å². The first kappa shape index (κ1) is 16.8. The van der Waals surface area contributed by atoms with Crippen LogP contribution in [0.5, 0.6) is 0 Å². The molecular formula is C12H14F3NO3S. The topological polar surface area (TPSA) is 58.6 Å². The van der Waals surface area contributed by atoms with Crippen molar-refractivity contribution in [3.8, 4) is 0 Å². The molecule has 1 rings (SSSR count). The van der Waals surface area contributed by atoms with Gasteiger partial charge in [-0.3, -0.25) is 4.79 Å². The van der Waals surface area contributed by atoms with Gasteiger partial charge in [0.25, 0.3) is 5.91 Å². The highest BCUT2D eigenvalue weighted by Crippen LogP contribution is 2.38. The van der Waals surface area contributed by atoms with Crippen LogP contribution in [0.4, 0.5) is 13.2 Å². The molecule has 0 spiro atoms. The molecule has 0 fully saturated rings. The van der Waals surface area contributed by atoms with Gasteiger partial charge in [0.05, 0.1) is 18.3 Å². The maximum absolute atomic E-state index is 12.4. The zero-order valence-corrected chi connectivity index (χ0v) is 11.4. The van der Waals surface area contributed by atoms with E-state index in [1.807, 2.05) is 0 Å². The molecule has 0 saturated heterocycles. The van der Waals surface area contributed by atoms with E-state index in [1.165, 1.54) is 31.4 Å². The smallest absolute Gasteiger partial charge is 0.389 e. The van der Waals surface area contributed by atoms with Crippen LogP contribution < -0.4 is 5.32 Å². The standard InChI is InChI=1S/C12H14F3NO3S/c1-19-7-8(17)6-16-11(18)9-4-2-3-5-10(9)20-12(13,14)15/h2-5,8,17H,6-7H2,1H3,(H,16,18). The maximum Gasteiger partial charge on any atom is 0.446 e. The molecule has 0 aliphatic rings. The summed E-state index contributed by atoms with van der Waals surface area (Å²) < 4.78 is 41.8. The average Bonchev–Trinajstić information content (AvgIpc) is 2.35. The lowest BCUT2D eigenvalue weighted by Crippen LogP contribution is -2.34. The summed E-state index contributed by atoms with van der Waals surface area (Å²) in [5, 5.41) is 11.7. The van der Waals surface area contributed by atoms with E-state index in [1.54, 1.807) is 0 Å². The quantitative estimate of drug-likeness (QED) is 0.790. The van der Waals surface area contributed by atoms with Crippen LogP contribution in [-0.4, -0.2) is 42.9 Å². The fraction of sp³-hybridized carbons (Fsp3) is 0.417. The van der Waals surface area contributed by atoms with E-state index in [-0.39, 0.29) is 35.4 Å². The van der Waals surface area contributed by atoms with Crippen LogP contribution >= 0.6 is 11.8 Å². The Labute approximate surface area is 118 Å². The van der Waals surface area contributed by atoms with Gasteiger partial charge in [-0.15, -0.1) is 0 Å². The van der Waals surface area contributed by atoms with E-state index >= 15 is 0 Å². The summed E-state index contributed by atoms with van der Waals surface area (Å²) in [4.78, 5) is 11.6. The number of carbonyl (C=O) groups excluding carboxylic acids is 1. The molecule has 0 aliphatic carbocycles. The van der Waals surface area contributed by atoms with Crippen LogP contribution in [0, 0.1) is 0 Å². The molecule has 1 amide bonds. The van der Waals surface area contributed by atoms with Crippen molar-refractivity contribution in [3.63, 3.8) is 0 Å². The summed E-state index contributed by atoms with van der Waals surface area (Å²) in [5.74, 6) is -0.674. The Kier molecular flexibility index (Phi) is 6.31. The van der Waals surface area contributed by atoms with E-state index in [2.05, 4.69) is 10.1 Å². The van der Waals surface area contributed by atoms with Gasteiger partial charge in [0.15, 0.2) is 0 Å². The number of benzene rings is 1. The Morgan fingerprint density at radius 2 is 2.10 bits per heavy atom. The Bertz CT molecular complexity index is 454. The van der Waals surface area contributed by atoms with Gasteiger partial charge in [-0.25, -0.2) is 0 Å². The molecule has 20 heavy (non-hydrogen) atoms. The molecule has 0 saturated carbocycles. The molecule has 1 unspecified atom stereocenters. The van der Waals surface area contributed by atoms with Crippen LogP contribution in [0.25, 0.3) is 0 Å². The number of carbonyl (C=O) groups is 1. The highest BCUT2D eigenvalue weighted by atomic mass is 32.2. The molecule has 1 atom stereocenters.